The van der Waals surface area contributed by atoms with Gasteiger partial charge in [-0.05, 0) is 42.3 Å². The van der Waals surface area contributed by atoms with Crippen molar-refractivity contribution < 1.29 is 9.21 Å². The molecule has 3 nitrogen and oxygen atoms in total. The maximum atomic E-state index is 11.9. The first-order chi connectivity index (χ1) is 7.18. The van der Waals surface area contributed by atoms with Crippen LogP contribution in [0.1, 0.15) is 21.7 Å². The predicted molar refractivity (Wildman–Crippen MR) is 56.1 cm³/mol. The maximum absolute atomic E-state index is 11.9. The van der Waals surface area contributed by atoms with Gasteiger partial charge in [0.15, 0.2) is 11.0 Å². The van der Waals surface area contributed by atoms with Gasteiger partial charge < -0.3 is 4.42 Å². The van der Waals surface area contributed by atoms with Crippen LogP contribution >= 0.6 is 11.6 Å². The van der Waals surface area contributed by atoms with E-state index < -0.39 is 0 Å². The Morgan fingerprint density at radius 1 is 1.40 bits per heavy atom. The molecule has 2 aromatic rings. The Hall–Kier alpha value is -1.61. The Balaban J connectivity index is 2.41. The molecule has 0 aliphatic carbocycles. The quantitative estimate of drug-likeness (QED) is 0.733. The Labute approximate surface area is 91.7 Å². The molecule has 4 heteroatoms. The number of nitrogens with zero attached hydrogens (tertiary/aromatic N) is 1. The smallest absolute Gasteiger partial charge is 0.230 e. The molecule has 2 rings (SSSR count). The molecule has 0 aromatic carbocycles. The van der Waals surface area contributed by atoms with E-state index in [-0.39, 0.29) is 16.8 Å². The summed E-state index contributed by atoms with van der Waals surface area (Å²) in [4.78, 5) is 15.8. The lowest BCUT2D eigenvalue weighted by Crippen LogP contribution is -2.02. The fourth-order valence-corrected chi connectivity index (χ4v) is 1.42. The second-order valence-corrected chi connectivity index (χ2v) is 3.50. The lowest BCUT2D eigenvalue weighted by molar-refractivity contribution is 0.101. The predicted octanol–water partition coefficient (Wildman–Crippen LogP) is 2.87. The molecule has 2 aromatic heterocycles. The molecule has 0 unspecified atom stereocenters. The highest BCUT2D eigenvalue weighted by Crippen LogP contribution is 2.18. The molecule has 0 N–H and O–H groups in total. The molecule has 0 saturated heterocycles. The molecule has 0 bridgehead atoms. The molecular formula is C11H8ClNO2. The summed E-state index contributed by atoms with van der Waals surface area (Å²) in [5.74, 6) is 0.0311. The molecule has 0 aliphatic heterocycles. The number of furan rings is 1. The maximum Gasteiger partial charge on any atom is 0.230 e. The van der Waals surface area contributed by atoms with Gasteiger partial charge in [-0.3, -0.25) is 9.78 Å². The number of carbonyl (C=O) groups is 1. The van der Waals surface area contributed by atoms with Gasteiger partial charge in [-0.1, -0.05) is 0 Å². The highest BCUT2D eigenvalue weighted by molar-refractivity contribution is 6.29. The van der Waals surface area contributed by atoms with Gasteiger partial charge in [-0.25, -0.2) is 0 Å². The van der Waals surface area contributed by atoms with E-state index in [4.69, 9.17) is 16.0 Å². The van der Waals surface area contributed by atoms with Crippen molar-refractivity contribution in [3.8, 4) is 0 Å². The van der Waals surface area contributed by atoms with Gasteiger partial charge in [0, 0.05) is 18.0 Å². The first-order valence-corrected chi connectivity index (χ1v) is 4.77. The van der Waals surface area contributed by atoms with E-state index in [1.54, 1.807) is 24.4 Å². The zero-order chi connectivity index (χ0) is 10.8. The highest BCUT2D eigenvalue weighted by Gasteiger charge is 2.15. The van der Waals surface area contributed by atoms with Crippen LogP contribution in [0.5, 0.6) is 0 Å². The highest BCUT2D eigenvalue weighted by atomic mass is 35.5. The topological polar surface area (TPSA) is 43.1 Å². The van der Waals surface area contributed by atoms with Crippen molar-refractivity contribution in [2.75, 3.05) is 0 Å². The Morgan fingerprint density at radius 2 is 2.20 bits per heavy atom. The van der Waals surface area contributed by atoms with Crippen molar-refractivity contribution in [2.45, 2.75) is 6.92 Å². The summed E-state index contributed by atoms with van der Waals surface area (Å²) in [6.45, 7) is 1.85. The molecule has 2 heterocycles. The second kappa shape index (κ2) is 3.87. The average molecular weight is 222 g/mol. The molecule has 0 atom stereocenters. The van der Waals surface area contributed by atoms with Crippen LogP contribution in [0.2, 0.25) is 5.22 Å². The number of halogens is 1. The van der Waals surface area contributed by atoms with Crippen LogP contribution in [0.15, 0.2) is 35.0 Å². The van der Waals surface area contributed by atoms with Crippen LogP contribution < -0.4 is 0 Å². The van der Waals surface area contributed by atoms with Crippen LogP contribution in [-0.2, 0) is 0 Å². The average Bonchev–Trinajstić information content (AvgIpc) is 2.65. The molecular weight excluding hydrogens is 214 g/mol. The van der Waals surface area contributed by atoms with Crippen LogP contribution in [0.4, 0.5) is 0 Å². The number of rotatable bonds is 2. The summed E-state index contributed by atoms with van der Waals surface area (Å²) >= 11 is 5.60. The summed E-state index contributed by atoms with van der Waals surface area (Å²) in [7, 11) is 0. The summed E-state index contributed by atoms with van der Waals surface area (Å²) in [5.41, 5.74) is 1.39. The number of ketones is 1. The lowest BCUT2D eigenvalue weighted by atomic mass is 10.1. The third kappa shape index (κ3) is 1.92. The minimum absolute atomic E-state index is 0.201. The minimum atomic E-state index is -0.201. The van der Waals surface area contributed by atoms with Crippen molar-refractivity contribution in [1.82, 2.24) is 4.98 Å². The fourth-order valence-electron chi connectivity index (χ4n) is 1.27. The van der Waals surface area contributed by atoms with Crippen LogP contribution in [0.25, 0.3) is 0 Å². The summed E-state index contributed by atoms with van der Waals surface area (Å²) in [6, 6.07) is 4.87. The number of pyridine rings is 1. The second-order valence-electron chi connectivity index (χ2n) is 3.12. The van der Waals surface area contributed by atoms with Crippen LogP contribution in [0.3, 0.4) is 0 Å². The third-order valence-corrected chi connectivity index (χ3v) is 2.28. The molecule has 0 aliphatic rings. The van der Waals surface area contributed by atoms with Crippen molar-refractivity contribution >= 4 is 17.4 Å². The Kier molecular flexibility index (Phi) is 2.56. The van der Waals surface area contributed by atoms with Crippen LogP contribution in [-0.4, -0.2) is 10.8 Å². The molecule has 0 spiro atoms. The zero-order valence-corrected chi connectivity index (χ0v) is 8.78. The molecule has 76 valence electrons. The molecule has 0 saturated carbocycles. The summed E-state index contributed by atoms with van der Waals surface area (Å²) in [6.07, 6.45) is 3.16. The first-order valence-electron chi connectivity index (χ1n) is 4.39. The van der Waals surface area contributed by atoms with Crippen molar-refractivity contribution in [3.05, 3.63) is 52.7 Å². The zero-order valence-electron chi connectivity index (χ0n) is 8.03. The van der Waals surface area contributed by atoms with E-state index in [9.17, 15) is 4.79 Å². The molecule has 0 radical (unpaired) electrons. The van der Waals surface area contributed by atoms with E-state index in [0.717, 1.165) is 5.56 Å². The van der Waals surface area contributed by atoms with E-state index >= 15 is 0 Å². The van der Waals surface area contributed by atoms with Gasteiger partial charge in [0.2, 0.25) is 5.78 Å². The van der Waals surface area contributed by atoms with Gasteiger partial charge in [0.25, 0.3) is 0 Å². The third-order valence-electron chi connectivity index (χ3n) is 2.08. The minimum Gasteiger partial charge on any atom is -0.441 e. The van der Waals surface area contributed by atoms with Crippen molar-refractivity contribution in [1.29, 1.82) is 0 Å². The van der Waals surface area contributed by atoms with E-state index in [0.29, 0.717) is 5.56 Å². The number of aryl methyl sites for hydroxylation is 1. The summed E-state index contributed by atoms with van der Waals surface area (Å²) in [5, 5.41) is 0.208. The largest absolute Gasteiger partial charge is 0.441 e. The van der Waals surface area contributed by atoms with Crippen molar-refractivity contribution in [3.63, 3.8) is 0 Å². The van der Waals surface area contributed by atoms with Crippen LogP contribution in [0, 0.1) is 6.92 Å². The number of hydrogen-bond donors (Lipinski definition) is 0. The van der Waals surface area contributed by atoms with E-state index in [1.807, 2.05) is 6.92 Å². The number of carbonyl (C=O) groups excluding carboxylic acids is 1. The number of aromatic nitrogens is 1. The van der Waals surface area contributed by atoms with Gasteiger partial charge in [0.1, 0.15) is 0 Å². The van der Waals surface area contributed by atoms with E-state index in [1.165, 1.54) is 6.20 Å². The van der Waals surface area contributed by atoms with E-state index in [2.05, 4.69) is 4.98 Å². The van der Waals surface area contributed by atoms with Gasteiger partial charge in [-0.15, -0.1) is 0 Å². The normalized spacial score (nSPS) is 10.3. The van der Waals surface area contributed by atoms with Crippen molar-refractivity contribution in [2.24, 2.45) is 0 Å². The van der Waals surface area contributed by atoms with Gasteiger partial charge >= 0.3 is 0 Å². The summed E-state index contributed by atoms with van der Waals surface area (Å²) < 4.78 is 5.04. The standard InChI is InChI=1S/C11H8ClNO2/c1-7-4-5-13-6-8(7)11(14)9-2-3-10(12)15-9/h2-6H,1H3. The molecule has 0 fully saturated rings. The fraction of sp³-hybridized carbons (Fsp3) is 0.0909. The lowest BCUT2D eigenvalue weighted by Gasteiger charge is -2.00. The molecule has 15 heavy (non-hydrogen) atoms. The van der Waals surface area contributed by atoms with Gasteiger partial charge in [0.05, 0.1) is 0 Å². The first kappa shape index (κ1) is 9.93. The Morgan fingerprint density at radius 3 is 2.80 bits per heavy atom. The monoisotopic (exact) mass is 221 g/mol. The van der Waals surface area contributed by atoms with Gasteiger partial charge in [-0.2, -0.15) is 0 Å². The molecule has 0 amide bonds. The number of hydrogen-bond acceptors (Lipinski definition) is 3. The Bertz CT molecular complexity index is 505. The SMILES string of the molecule is Cc1ccncc1C(=O)c1ccc(Cl)o1.